The van der Waals surface area contributed by atoms with Crippen LogP contribution in [0.15, 0.2) is 0 Å². The predicted octanol–water partition coefficient (Wildman–Crippen LogP) is 4.24. The summed E-state index contributed by atoms with van der Waals surface area (Å²) in [6.07, 6.45) is 10.9. The summed E-state index contributed by atoms with van der Waals surface area (Å²) in [5, 5.41) is 0. The molecule has 4 aliphatic carbocycles. The fourth-order valence-corrected chi connectivity index (χ4v) is 7.74. The lowest BCUT2D eigenvalue weighted by Gasteiger charge is -2.60. The predicted molar refractivity (Wildman–Crippen MR) is 93.7 cm³/mol. The van der Waals surface area contributed by atoms with Crippen LogP contribution >= 0.6 is 0 Å². The van der Waals surface area contributed by atoms with Crippen molar-refractivity contribution >= 4 is 5.78 Å². The molecule has 0 aliphatic heterocycles. The van der Waals surface area contributed by atoms with Crippen molar-refractivity contribution in [2.75, 3.05) is 20.8 Å². The monoisotopic (exact) mass is 334 g/mol. The van der Waals surface area contributed by atoms with Crippen LogP contribution in [0.3, 0.4) is 0 Å². The Labute approximate surface area is 146 Å². The summed E-state index contributed by atoms with van der Waals surface area (Å²) in [6, 6.07) is 0. The van der Waals surface area contributed by atoms with E-state index in [2.05, 4.69) is 6.92 Å². The van der Waals surface area contributed by atoms with E-state index < -0.39 is 0 Å². The van der Waals surface area contributed by atoms with Crippen LogP contribution in [0.25, 0.3) is 0 Å². The summed E-state index contributed by atoms with van der Waals surface area (Å²) in [6.45, 7) is 3.36. The van der Waals surface area contributed by atoms with E-state index in [4.69, 9.17) is 9.47 Å². The third-order valence-electron chi connectivity index (χ3n) is 8.79. The van der Waals surface area contributed by atoms with Crippen LogP contribution in [0.4, 0.5) is 0 Å². The largest absolute Gasteiger partial charge is 0.384 e. The van der Waals surface area contributed by atoms with Crippen molar-refractivity contribution in [3.63, 3.8) is 0 Å². The second-order valence-electron chi connectivity index (χ2n) is 9.41. The highest BCUT2D eigenvalue weighted by molar-refractivity contribution is 5.79. The van der Waals surface area contributed by atoms with Crippen LogP contribution in [-0.4, -0.2) is 32.7 Å². The molecule has 0 aromatic carbocycles. The highest BCUT2D eigenvalue weighted by Gasteiger charge is 2.61. The molecule has 7 atom stereocenters. The molecule has 136 valence electrons. The maximum Gasteiger partial charge on any atom is 0.133 e. The van der Waals surface area contributed by atoms with Gasteiger partial charge in [-0.15, -0.1) is 0 Å². The number of hydrogen-bond acceptors (Lipinski definition) is 3. The molecule has 3 heteroatoms. The molecule has 4 fully saturated rings. The van der Waals surface area contributed by atoms with E-state index in [9.17, 15) is 4.79 Å². The third kappa shape index (κ3) is 2.26. The van der Waals surface area contributed by atoms with Crippen LogP contribution in [0.5, 0.6) is 0 Å². The minimum Gasteiger partial charge on any atom is -0.384 e. The molecule has 0 aromatic heterocycles. The van der Waals surface area contributed by atoms with E-state index in [1.165, 1.54) is 38.5 Å². The van der Waals surface area contributed by atoms with Gasteiger partial charge in [0.2, 0.25) is 0 Å². The second kappa shape index (κ2) is 6.09. The summed E-state index contributed by atoms with van der Waals surface area (Å²) in [5.41, 5.74) is 0.652. The number of Topliss-reactive ketones (excluding diaryl/α,β-unsaturated/α-hetero) is 1. The van der Waals surface area contributed by atoms with E-state index in [0.29, 0.717) is 23.2 Å². The molecule has 0 bridgehead atoms. The number of carbonyl (C=O) groups is 1. The van der Waals surface area contributed by atoms with E-state index in [0.717, 1.165) is 43.6 Å². The zero-order valence-corrected chi connectivity index (χ0v) is 15.7. The van der Waals surface area contributed by atoms with Crippen LogP contribution in [-0.2, 0) is 14.3 Å². The summed E-state index contributed by atoms with van der Waals surface area (Å²) in [4.78, 5) is 12.1. The van der Waals surface area contributed by atoms with Gasteiger partial charge in [0.1, 0.15) is 5.78 Å². The molecule has 0 N–H and O–H groups in total. The van der Waals surface area contributed by atoms with Gasteiger partial charge in [-0.25, -0.2) is 0 Å². The Morgan fingerprint density at radius 3 is 2.62 bits per heavy atom. The van der Waals surface area contributed by atoms with E-state index in [1.807, 2.05) is 14.2 Å². The second-order valence-corrected chi connectivity index (χ2v) is 9.41. The molecule has 24 heavy (non-hydrogen) atoms. The van der Waals surface area contributed by atoms with E-state index in [1.54, 1.807) is 0 Å². The van der Waals surface area contributed by atoms with Crippen molar-refractivity contribution in [1.82, 2.24) is 0 Å². The maximum absolute atomic E-state index is 12.1. The van der Waals surface area contributed by atoms with Gasteiger partial charge in [0, 0.05) is 32.5 Å². The van der Waals surface area contributed by atoms with E-state index >= 15 is 0 Å². The molecular formula is C21H34O3. The number of ketones is 1. The highest BCUT2D eigenvalue weighted by atomic mass is 16.5. The topological polar surface area (TPSA) is 35.5 Å². The lowest BCUT2D eigenvalue weighted by molar-refractivity contribution is -0.160. The lowest BCUT2D eigenvalue weighted by Crippen LogP contribution is -2.57. The molecule has 4 rings (SSSR count). The fourth-order valence-electron chi connectivity index (χ4n) is 7.74. The molecule has 3 nitrogen and oxygen atoms in total. The average molecular weight is 335 g/mol. The first kappa shape index (κ1) is 17.0. The van der Waals surface area contributed by atoms with Crippen molar-refractivity contribution in [2.24, 2.45) is 34.5 Å². The first-order valence-electron chi connectivity index (χ1n) is 10.1. The Balaban J connectivity index is 1.65. The molecular weight excluding hydrogens is 300 g/mol. The fraction of sp³-hybridized carbons (Fsp3) is 0.952. The van der Waals surface area contributed by atoms with Gasteiger partial charge in [0.05, 0.1) is 12.7 Å². The van der Waals surface area contributed by atoms with Crippen molar-refractivity contribution in [3.8, 4) is 0 Å². The number of ether oxygens (including phenoxy) is 2. The van der Waals surface area contributed by atoms with Crippen LogP contribution in [0.1, 0.15) is 64.7 Å². The Morgan fingerprint density at radius 1 is 1.04 bits per heavy atom. The third-order valence-corrected chi connectivity index (χ3v) is 8.79. The summed E-state index contributed by atoms with van der Waals surface area (Å²) in [7, 11) is 3.76. The molecule has 0 amide bonds. The SMILES string of the molecule is COC[C@]12CCC(=O)CC1CC[C@@H]1[C@@H]2CC[C@]2(C)C(OC)CC[C@@H]12. The normalized spacial score (nSPS) is 51.0. The Hall–Kier alpha value is -0.410. The van der Waals surface area contributed by atoms with Gasteiger partial charge < -0.3 is 9.47 Å². The van der Waals surface area contributed by atoms with Crippen molar-refractivity contribution in [1.29, 1.82) is 0 Å². The zero-order valence-electron chi connectivity index (χ0n) is 15.7. The molecule has 0 saturated heterocycles. The molecule has 0 radical (unpaired) electrons. The number of methoxy groups -OCH3 is 2. The smallest absolute Gasteiger partial charge is 0.133 e. The van der Waals surface area contributed by atoms with Gasteiger partial charge in [0.15, 0.2) is 0 Å². The van der Waals surface area contributed by atoms with Crippen molar-refractivity contribution < 1.29 is 14.3 Å². The molecule has 0 spiro atoms. The van der Waals surface area contributed by atoms with Gasteiger partial charge >= 0.3 is 0 Å². The maximum atomic E-state index is 12.1. The minimum atomic E-state index is 0.276. The number of carbonyl (C=O) groups excluding carboxylic acids is 1. The Kier molecular flexibility index (Phi) is 4.32. The summed E-state index contributed by atoms with van der Waals surface area (Å²) in [5.74, 6) is 3.46. The van der Waals surface area contributed by atoms with Gasteiger partial charge in [-0.2, -0.15) is 0 Å². The summed E-state index contributed by atoms with van der Waals surface area (Å²) < 4.78 is 11.7. The van der Waals surface area contributed by atoms with Gasteiger partial charge in [-0.1, -0.05) is 6.92 Å². The number of hydrogen-bond donors (Lipinski definition) is 0. The van der Waals surface area contributed by atoms with Gasteiger partial charge in [-0.3, -0.25) is 4.79 Å². The highest BCUT2D eigenvalue weighted by Crippen LogP contribution is 2.66. The van der Waals surface area contributed by atoms with Crippen molar-refractivity contribution in [3.05, 3.63) is 0 Å². The van der Waals surface area contributed by atoms with E-state index in [-0.39, 0.29) is 5.41 Å². The molecule has 0 aromatic rings. The number of rotatable bonds is 3. The number of fused-ring (bicyclic) bond motifs is 5. The quantitative estimate of drug-likeness (QED) is 0.774. The summed E-state index contributed by atoms with van der Waals surface area (Å²) >= 11 is 0. The molecule has 2 unspecified atom stereocenters. The average Bonchev–Trinajstić information content (AvgIpc) is 2.92. The molecule has 4 aliphatic rings. The first-order valence-corrected chi connectivity index (χ1v) is 10.1. The van der Waals surface area contributed by atoms with Crippen LogP contribution < -0.4 is 0 Å². The Bertz CT molecular complexity index is 503. The first-order chi connectivity index (χ1) is 11.5. The van der Waals surface area contributed by atoms with Crippen LogP contribution in [0.2, 0.25) is 0 Å². The Morgan fingerprint density at radius 2 is 1.88 bits per heavy atom. The van der Waals surface area contributed by atoms with Crippen LogP contribution in [0, 0.1) is 34.5 Å². The minimum absolute atomic E-state index is 0.276. The van der Waals surface area contributed by atoms with Gasteiger partial charge in [-0.05, 0) is 74.0 Å². The lowest BCUT2D eigenvalue weighted by atomic mass is 9.45. The standard InChI is InChI=1S/C21H34O3/c1-20-10-9-18-16(17(20)6-7-19(20)24-3)5-4-14-12-15(22)8-11-21(14,18)13-23-2/h14,16-19H,4-13H2,1-3H3/t14?,16-,17-,18-,19?,20-,21+/m0/s1. The van der Waals surface area contributed by atoms with Gasteiger partial charge in [0.25, 0.3) is 0 Å². The van der Waals surface area contributed by atoms with Crippen molar-refractivity contribution in [2.45, 2.75) is 70.8 Å². The molecule has 0 heterocycles. The zero-order chi connectivity index (χ0) is 16.9. The molecule has 4 saturated carbocycles.